The first-order valence-electron chi connectivity index (χ1n) is 14.2. The van der Waals surface area contributed by atoms with E-state index in [-0.39, 0.29) is 30.9 Å². The van der Waals surface area contributed by atoms with E-state index in [4.69, 9.17) is 28.4 Å². The van der Waals surface area contributed by atoms with Gasteiger partial charge in [-0.3, -0.25) is 4.79 Å². The van der Waals surface area contributed by atoms with Crippen LogP contribution in [0.1, 0.15) is 125 Å². The average molecular weight is 499 g/mol. The molecular formula is C28H50O7. The standard InChI is InChI=1S/C28H50O7/c1-6-7-8-9-10-11-12-13-14-15-16-17-18-19-22(29)30-20-21-23-24(33-27(2,3)32-23)25-26(31-21)35-28(4,5)34-25/h21,23-26H,6-20H2,1-5H3/t21-,23-,24+,25+,26+/m0/s1. The Bertz CT molecular complexity index is 635. The van der Waals surface area contributed by atoms with Crippen molar-refractivity contribution in [1.29, 1.82) is 0 Å². The highest BCUT2D eigenvalue weighted by atomic mass is 16.9. The fourth-order valence-corrected chi connectivity index (χ4v) is 5.36. The molecule has 0 unspecified atom stereocenters. The van der Waals surface area contributed by atoms with Crippen LogP contribution in [0.3, 0.4) is 0 Å². The van der Waals surface area contributed by atoms with Crippen LogP contribution >= 0.6 is 0 Å². The summed E-state index contributed by atoms with van der Waals surface area (Å²) in [4.78, 5) is 12.3. The SMILES string of the molecule is CCCCCCCCCCCCCCCC(=O)OC[C@@H]1O[C@@H]2OC(C)(C)O[C@@H]2[C@@H]2OC(C)(C)O[C@H]21. The normalized spacial score (nSPS) is 30.7. The molecule has 0 aromatic rings. The second kappa shape index (κ2) is 13.7. The van der Waals surface area contributed by atoms with Crippen molar-refractivity contribution in [1.82, 2.24) is 0 Å². The molecule has 5 atom stereocenters. The second-order valence-electron chi connectivity index (χ2n) is 11.4. The molecular weight excluding hydrogens is 448 g/mol. The maximum atomic E-state index is 12.3. The lowest BCUT2D eigenvalue weighted by Crippen LogP contribution is -2.56. The van der Waals surface area contributed by atoms with Crippen LogP contribution in [0.2, 0.25) is 0 Å². The van der Waals surface area contributed by atoms with Crippen molar-refractivity contribution in [2.45, 2.75) is 167 Å². The average Bonchev–Trinajstić information content (AvgIpc) is 3.29. The fraction of sp³-hybridized carbons (Fsp3) is 0.964. The van der Waals surface area contributed by atoms with Crippen molar-refractivity contribution in [2.24, 2.45) is 0 Å². The monoisotopic (exact) mass is 498 g/mol. The summed E-state index contributed by atoms with van der Waals surface area (Å²) in [5, 5.41) is 0. The predicted octanol–water partition coefficient (Wildman–Crippen LogP) is 6.41. The van der Waals surface area contributed by atoms with Gasteiger partial charge in [-0.25, -0.2) is 0 Å². The maximum absolute atomic E-state index is 12.3. The van der Waals surface area contributed by atoms with Crippen LogP contribution in [0.15, 0.2) is 0 Å². The van der Waals surface area contributed by atoms with E-state index in [1.54, 1.807) is 0 Å². The summed E-state index contributed by atoms with van der Waals surface area (Å²) in [7, 11) is 0. The third-order valence-corrected chi connectivity index (χ3v) is 7.14. The number of unbranched alkanes of at least 4 members (excludes halogenated alkanes) is 12. The summed E-state index contributed by atoms with van der Waals surface area (Å²) >= 11 is 0. The van der Waals surface area contributed by atoms with Crippen molar-refractivity contribution in [3.63, 3.8) is 0 Å². The Morgan fingerprint density at radius 2 is 1.14 bits per heavy atom. The summed E-state index contributed by atoms with van der Waals surface area (Å²) in [6.45, 7) is 9.86. The van der Waals surface area contributed by atoms with Crippen molar-refractivity contribution in [2.75, 3.05) is 6.61 Å². The molecule has 0 amide bonds. The quantitative estimate of drug-likeness (QED) is 0.180. The maximum Gasteiger partial charge on any atom is 0.305 e. The van der Waals surface area contributed by atoms with Gasteiger partial charge in [0.25, 0.3) is 0 Å². The van der Waals surface area contributed by atoms with Crippen molar-refractivity contribution in [3.05, 3.63) is 0 Å². The zero-order valence-corrected chi connectivity index (χ0v) is 22.9. The van der Waals surface area contributed by atoms with Gasteiger partial charge in [0.1, 0.15) is 31.0 Å². The molecule has 0 N–H and O–H groups in total. The van der Waals surface area contributed by atoms with Crippen LogP contribution in [0.4, 0.5) is 0 Å². The fourth-order valence-electron chi connectivity index (χ4n) is 5.36. The molecule has 7 nitrogen and oxygen atoms in total. The molecule has 0 aliphatic carbocycles. The minimum absolute atomic E-state index is 0.130. The Morgan fingerprint density at radius 1 is 0.657 bits per heavy atom. The van der Waals surface area contributed by atoms with Crippen molar-refractivity contribution in [3.8, 4) is 0 Å². The zero-order chi connectivity index (χ0) is 25.3. The van der Waals surface area contributed by atoms with Crippen molar-refractivity contribution >= 4 is 5.97 Å². The molecule has 0 aromatic heterocycles. The van der Waals surface area contributed by atoms with Crippen LogP contribution in [0, 0.1) is 0 Å². The number of carbonyl (C=O) groups is 1. The van der Waals surface area contributed by atoms with E-state index in [1.165, 1.54) is 70.6 Å². The van der Waals surface area contributed by atoms with Gasteiger partial charge >= 0.3 is 5.97 Å². The molecule has 0 saturated carbocycles. The second-order valence-corrected chi connectivity index (χ2v) is 11.4. The largest absolute Gasteiger partial charge is 0.463 e. The molecule has 3 heterocycles. The first-order chi connectivity index (χ1) is 16.7. The number of ether oxygens (including phenoxy) is 6. The van der Waals surface area contributed by atoms with E-state index in [1.807, 2.05) is 27.7 Å². The van der Waals surface area contributed by atoms with E-state index in [0.29, 0.717) is 6.42 Å². The lowest BCUT2D eigenvalue weighted by molar-refractivity contribution is -0.242. The van der Waals surface area contributed by atoms with Gasteiger partial charge in [0, 0.05) is 6.42 Å². The number of hydrogen-bond acceptors (Lipinski definition) is 7. The van der Waals surface area contributed by atoms with Gasteiger partial charge in [0.2, 0.25) is 0 Å². The molecule has 204 valence electrons. The van der Waals surface area contributed by atoms with Gasteiger partial charge in [-0.15, -0.1) is 0 Å². The first kappa shape index (κ1) is 28.8. The molecule has 0 radical (unpaired) electrons. The lowest BCUT2D eigenvalue weighted by Gasteiger charge is -2.36. The summed E-state index contributed by atoms with van der Waals surface area (Å²) in [6.07, 6.45) is 15.1. The molecule has 3 fully saturated rings. The van der Waals surface area contributed by atoms with Crippen LogP contribution < -0.4 is 0 Å². The number of fused-ring (bicyclic) bond motifs is 3. The molecule has 7 heteroatoms. The van der Waals surface area contributed by atoms with Gasteiger partial charge in [-0.1, -0.05) is 84.0 Å². The third-order valence-electron chi connectivity index (χ3n) is 7.14. The number of carbonyl (C=O) groups excluding carboxylic acids is 1. The van der Waals surface area contributed by atoms with Gasteiger partial charge in [-0.2, -0.15) is 0 Å². The topological polar surface area (TPSA) is 72.5 Å². The molecule has 3 aliphatic rings. The van der Waals surface area contributed by atoms with Gasteiger partial charge < -0.3 is 28.4 Å². The molecule has 35 heavy (non-hydrogen) atoms. The summed E-state index contributed by atoms with van der Waals surface area (Å²) in [5.41, 5.74) is 0. The molecule has 3 rings (SSSR count). The summed E-state index contributed by atoms with van der Waals surface area (Å²) < 4.78 is 35.8. The predicted molar refractivity (Wildman–Crippen MR) is 134 cm³/mol. The Hall–Kier alpha value is -0.730. The van der Waals surface area contributed by atoms with Crippen LogP contribution in [0.5, 0.6) is 0 Å². The van der Waals surface area contributed by atoms with Gasteiger partial charge in [-0.05, 0) is 34.1 Å². The highest BCUT2D eigenvalue weighted by Crippen LogP contribution is 2.44. The zero-order valence-electron chi connectivity index (χ0n) is 22.9. The van der Waals surface area contributed by atoms with Gasteiger partial charge in [0.15, 0.2) is 17.9 Å². The lowest BCUT2D eigenvalue weighted by atomic mass is 9.99. The van der Waals surface area contributed by atoms with E-state index in [9.17, 15) is 4.79 Å². The van der Waals surface area contributed by atoms with E-state index in [0.717, 1.165) is 12.8 Å². The third kappa shape index (κ3) is 9.26. The van der Waals surface area contributed by atoms with E-state index < -0.39 is 24.0 Å². The highest BCUT2D eigenvalue weighted by Gasteiger charge is 2.60. The van der Waals surface area contributed by atoms with Crippen molar-refractivity contribution < 1.29 is 33.2 Å². The molecule has 0 spiro atoms. The van der Waals surface area contributed by atoms with Crippen LogP contribution in [-0.4, -0.2) is 54.9 Å². The number of rotatable bonds is 16. The Kier molecular flexibility index (Phi) is 11.3. The van der Waals surface area contributed by atoms with Crippen LogP contribution in [-0.2, 0) is 33.2 Å². The number of esters is 1. The summed E-state index contributed by atoms with van der Waals surface area (Å²) in [6, 6.07) is 0. The van der Waals surface area contributed by atoms with E-state index >= 15 is 0 Å². The Labute approximate surface area is 212 Å². The minimum atomic E-state index is -0.754. The molecule has 0 bridgehead atoms. The smallest absolute Gasteiger partial charge is 0.305 e. The molecule has 3 saturated heterocycles. The molecule has 3 aliphatic heterocycles. The van der Waals surface area contributed by atoms with Crippen LogP contribution in [0.25, 0.3) is 0 Å². The minimum Gasteiger partial charge on any atom is -0.463 e. The van der Waals surface area contributed by atoms with E-state index in [2.05, 4.69) is 6.92 Å². The Morgan fingerprint density at radius 3 is 1.74 bits per heavy atom. The summed E-state index contributed by atoms with van der Waals surface area (Å²) in [5.74, 6) is -1.69. The first-order valence-corrected chi connectivity index (χ1v) is 14.2. The Balaban J connectivity index is 1.25. The number of hydrogen-bond donors (Lipinski definition) is 0. The van der Waals surface area contributed by atoms with Gasteiger partial charge in [0.05, 0.1) is 0 Å². The highest BCUT2D eigenvalue weighted by molar-refractivity contribution is 5.69. The molecule has 0 aromatic carbocycles.